The van der Waals surface area contributed by atoms with Crippen LogP contribution in [0.1, 0.15) is 17.5 Å². The molecule has 3 heterocycles. The highest BCUT2D eigenvalue weighted by atomic mass is 32.1. The lowest BCUT2D eigenvalue weighted by Gasteiger charge is -2.11. The molecule has 106 valence electrons. The van der Waals surface area contributed by atoms with Gasteiger partial charge >= 0.3 is 0 Å². The van der Waals surface area contributed by atoms with Gasteiger partial charge in [-0.15, -0.1) is 11.3 Å². The van der Waals surface area contributed by atoms with Gasteiger partial charge in [0.1, 0.15) is 11.3 Å². The number of thiazole rings is 1. The van der Waals surface area contributed by atoms with Crippen LogP contribution in [0.4, 0.5) is 0 Å². The minimum Gasteiger partial charge on any atom is -0.459 e. The number of imidazole rings is 1. The van der Waals surface area contributed by atoms with Gasteiger partial charge < -0.3 is 4.42 Å². The zero-order chi connectivity index (χ0) is 14.2. The van der Waals surface area contributed by atoms with Crippen molar-refractivity contribution in [1.82, 2.24) is 14.8 Å². The Balaban J connectivity index is 1.65. The summed E-state index contributed by atoms with van der Waals surface area (Å²) in [7, 11) is 0. The molecular formula is C15H14N4OS. The highest BCUT2D eigenvalue weighted by Crippen LogP contribution is 2.26. The zero-order valence-electron chi connectivity index (χ0n) is 11.2. The maximum Gasteiger partial charge on any atom is 0.193 e. The van der Waals surface area contributed by atoms with Gasteiger partial charge in [-0.2, -0.15) is 0 Å². The summed E-state index contributed by atoms with van der Waals surface area (Å²) in [5.41, 5.74) is 4.69. The van der Waals surface area contributed by atoms with Gasteiger partial charge in [-0.1, -0.05) is 18.2 Å². The number of fused-ring (bicyclic) bond motifs is 2. The molecule has 0 aliphatic rings. The second kappa shape index (κ2) is 5.00. The number of hydrogen-bond acceptors (Lipinski definition) is 5. The van der Waals surface area contributed by atoms with Gasteiger partial charge in [0.15, 0.2) is 4.96 Å². The van der Waals surface area contributed by atoms with Crippen molar-refractivity contribution in [2.24, 2.45) is 5.84 Å². The van der Waals surface area contributed by atoms with Crippen molar-refractivity contribution in [3.05, 3.63) is 59.6 Å². The van der Waals surface area contributed by atoms with E-state index < -0.39 is 0 Å². The van der Waals surface area contributed by atoms with Gasteiger partial charge in [0.25, 0.3) is 0 Å². The number of rotatable bonds is 4. The first-order valence-corrected chi connectivity index (χ1v) is 7.57. The second-order valence-corrected chi connectivity index (χ2v) is 5.81. The minimum atomic E-state index is -0.0954. The lowest BCUT2D eigenvalue weighted by atomic mass is 10.1. The van der Waals surface area contributed by atoms with Crippen molar-refractivity contribution >= 4 is 27.3 Å². The second-order valence-electron chi connectivity index (χ2n) is 4.94. The number of furan rings is 1. The number of nitrogens with two attached hydrogens (primary N) is 1. The maximum atomic E-state index is 5.87. The van der Waals surface area contributed by atoms with E-state index in [1.807, 2.05) is 52.5 Å². The molecule has 4 rings (SSSR count). The van der Waals surface area contributed by atoms with E-state index in [4.69, 9.17) is 10.3 Å². The molecule has 0 fully saturated rings. The third-order valence-corrected chi connectivity index (χ3v) is 4.32. The molecule has 0 saturated heterocycles. The van der Waals surface area contributed by atoms with Gasteiger partial charge in [0.2, 0.25) is 0 Å². The average Bonchev–Trinajstić information content (AvgIpc) is 3.17. The van der Waals surface area contributed by atoms with Crippen molar-refractivity contribution in [3.8, 4) is 0 Å². The third-order valence-electron chi connectivity index (χ3n) is 3.55. The minimum absolute atomic E-state index is 0.0954. The van der Waals surface area contributed by atoms with Crippen LogP contribution in [0.15, 0.2) is 52.5 Å². The van der Waals surface area contributed by atoms with E-state index in [2.05, 4.69) is 10.4 Å². The molecule has 1 atom stereocenters. The quantitative estimate of drug-likeness (QED) is 0.449. The fourth-order valence-corrected chi connectivity index (χ4v) is 3.22. The fraction of sp³-hybridized carbons (Fsp3) is 0.133. The highest BCUT2D eigenvalue weighted by Gasteiger charge is 2.17. The van der Waals surface area contributed by atoms with Crippen molar-refractivity contribution in [2.75, 3.05) is 0 Å². The molecule has 5 nitrogen and oxygen atoms in total. The standard InChI is InChI=1S/C15H14N4OS/c16-18-12(8-11-9-19-5-6-21-15(19)17-11)14-7-10-3-1-2-4-13(10)20-14/h1-7,9,12,18H,8,16H2. The molecule has 0 spiro atoms. The van der Waals surface area contributed by atoms with E-state index in [9.17, 15) is 0 Å². The predicted octanol–water partition coefficient (Wildman–Crippen LogP) is 2.89. The SMILES string of the molecule is NNC(Cc1cn2ccsc2n1)c1cc2ccccc2o1. The molecule has 1 unspecified atom stereocenters. The fourth-order valence-electron chi connectivity index (χ4n) is 2.50. The molecule has 0 radical (unpaired) electrons. The van der Waals surface area contributed by atoms with Crippen LogP contribution < -0.4 is 11.3 Å². The maximum absolute atomic E-state index is 5.87. The predicted molar refractivity (Wildman–Crippen MR) is 83.1 cm³/mol. The van der Waals surface area contributed by atoms with E-state index >= 15 is 0 Å². The van der Waals surface area contributed by atoms with Gasteiger partial charge in [0, 0.05) is 29.6 Å². The van der Waals surface area contributed by atoms with Gasteiger partial charge in [0.05, 0.1) is 11.7 Å². The highest BCUT2D eigenvalue weighted by molar-refractivity contribution is 7.15. The average molecular weight is 298 g/mol. The number of para-hydroxylation sites is 1. The normalized spacial score (nSPS) is 13.2. The molecule has 1 aromatic carbocycles. The molecule has 0 amide bonds. The smallest absolute Gasteiger partial charge is 0.193 e. The van der Waals surface area contributed by atoms with Crippen molar-refractivity contribution in [1.29, 1.82) is 0 Å². The number of hydrogen-bond donors (Lipinski definition) is 2. The monoisotopic (exact) mass is 298 g/mol. The molecule has 6 heteroatoms. The van der Waals surface area contributed by atoms with Crippen LogP contribution in [-0.2, 0) is 6.42 Å². The summed E-state index contributed by atoms with van der Waals surface area (Å²) in [4.78, 5) is 5.58. The Morgan fingerprint density at radius 3 is 3.10 bits per heavy atom. The first-order chi connectivity index (χ1) is 10.3. The summed E-state index contributed by atoms with van der Waals surface area (Å²) in [6, 6.07) is 9.88. The third kappa shape index (κ3) is 2.23. The molecule has 0 bridgehead atoms. The Kier molecular flexibility index (Phi) is 2.99. The Morgan fingerprint density at radius 2 is 2.29 bits per heavy atom. The topological polar surface area (TPSA) is 68.5 Å². The van der Waals surface area contributed by atoms with Crippen molar-refractivity contribution < 1.29 is 4.42 Å². The van der Waals surface area contributed by atoms with Crippen molar-refractivity contribution in [2.45, 2.75) is 12.5 Å². The van der Waals surface area contributed by atoms with Crippen LogP contribution in [0.2, 0.25) is 0 Å². The molecule has 3 N–H and O–H groups in total. The van der Waals surface area contributed by atoms with Crippen LogP contribution in [0.5, 0.6) is 0 Å². The first-order valence-electron chi connectivity index (χ1n) is 6.69. The van der Waals surface area contributed by atoms with Crippen LogP contribution >= 0.6 is 11.3 Å². The number of benzene rings is 1. The summed E-state index contributed by atoms with van der Waals surface area (Å²) in [5.74, 6) is 6.53. The Bertz CT molecular complexity index is 830. The molecular weight excluding hydrogens is 284 g/mol. The Morgan fingerprint density at radius 1 is 1.38 bits per heavy atom. The van der Waals surface area contributed by atoms with E-state index in [1.165, 1.54) is 0 Å². The Labute approximate surface area is 125 Å². The molecule has 0 aliphatic heterocycles. The summed E-state index contributed by atoms with van der Waals surface area (Å²) in [6.07, 6.45) is 4.71. The van der Waals surface area contributed by atoms with Crippen LogP contribution in [0.25, 0.3) is 15.9 Å². The summed E-state index contributed by atoms with van der Waals surface area (Å²) >= 11 is 1.62. The molecule has 0 saturated carbocycles. The molecule has 4 aromatic rings. The number of aromatic nitrogens is 2. The summed E-state index contributed by atoms with van der Waals surface area (Å²) in [5, 5.41) is 3.10. The first kappa shape index (κ1) is 12.6. The zero-order valence-corrected chi connectivity index (χ0v) is 12.0. The molecule has 21 heavy (non-hydrogen) atoms. The molecule has 0 aliphatic carbocycles. The number of nitrogens with one attached hydrogen (secondary N) is 1. The van der Waals surface area contributed by atoms with E-state index in [0.717, 1.165) is 27.4 Å². The van der Waals surface area contributed by atoms with Gasteiger partial charge in [-0.3, -0.25) is 10.2 Å². The lowest BCUT2D eigenvalue weighted by Crippen LogP contribution is -2.29. The van der Waals surface area contributed by atoms with Gasteiger partial charge in [-0.25, -0.2) is 10.4 Å². The van der Waals surface area contributed by atoms with Crippen LogP contribution in [0, 0.1) is 0 Å². The summed E-state index contributed by atoms with van der Waals surface area (Å²) in [6.45, 7) is 0. The summed E-state index contributed by atoms with van der Waals surface area (Å²) < 4.78 is 7.89. The van der Waals surface area contributed by atoms with Crippen LogP contribution in [0.3, 0.4) is 0 Å². The Hall–Kier alpha value is -2.15. The number of nitrogens with zero attached hydrogens (tertiary/aromatic N) is 2. The largest absolute Gasteiger partial charge is 0.459 e. The van der Waals surface area contributed by atoms with Crippen LogP contribution in [-0.4, -0.2) is 9.38 Å². The van der Waals surface area contributed by atoms with Gasteiger partial charge in [-0.05, 0) is 12.1 Å². The number of hydrazine groups is 1. The lowest BCUT2D eigenvalue weighted by molar-refractivity contribution is 0.432. The molecule has 3 aromatic heterocycles. The van der Waals surface area contributed by atoms with E-state index in [0.29, 0.717) is 6.42 Å². The van der Waals surface area contributed by atoms with Crippen molar-refractivity contribution in [3.63, 3.8) is 0 Å². The van der Waals surface area contributed by atoms with E-state index in [1.54, 1.807) is 11.3 Å². The van der Waals surface area contributed by atoms with E-state index in [-0.39, 0.29) is 6.04 Å².